The summed E-state index contributed by atoms with van der Waals surface area (Å²) in [4.78, 5) is 25.4. The van der Waals surface area contributed by atoms with Crippen molar-refractivity contribution >= 4 is 11.8 Å². The molecule has 1 saturated carbocycles. The highest BCUT2D eigenvalue weighted by molar-refractivity contribution is 5.81. The van der Waals surface area contributed by atoms with Gasteiger partial charge >= 0.3 is 0 Å². The Hall–Kier alpha value is -1.10. The first-order chi connectivity index (χ1) is 9.20. The molecule has 2 N–H and O–H groups in total. The van der Waals surface area contributed by atoms with Crippen LogP contribution in [0.2, 0.25) is 0 Å². The molecule has 0 radical (unpaired) electrons. The number of piperidine rings is 1. The lowest BCUT2D eigenvalue weighted by Crippen LogP contribution is -2.46. The van der Waals surface area contributed by atoms with Crippen molar-refractivity contribution in [3.63, 3.8) is 0 Å². The van der Waals surface area contributed by atoms with Gasteiger partial charge in [-0.2, -0.15) is 0 Å². The van der Waals surface area contributed by atoms with Crippen molar-refractivity contribution in [3.05, 3.63) is 0 Å². The fourth-order valence-corrected chi connectivity index (χ4v) is 2.48. The van der Waals surface area contributed by atoms with Crippen LogP contribution in [0.4, 0.5) is 0 Å². The molecule has 1 aliphatic heterocycles. The number of aliphatic hydroxyl groups is 1. The van der Waals surface area contributed by atoms with Crippen LogP contribution in [-0.2, 0) is 9.59 Å². The minimum Gasteiger partial charge on any atom is -0.396 e. The summed E-state index contributed by atoms with van der Waals surface area (Å²) in [6, 6.07) is 0.245. The van der Waals surface area contributed by atoms with E-state index in [0.717, 1.165) is 45.2 Å². The zero-order valence-electron chi connectivity index (χ0n) is 11.4. The van der Waals surface area contributed by atoms with E-state index in [9.17, 15) is 9.59 Å². The van der Waals surface area contributed by atoms with E-state index in [-0.39, 0.29) is 30.4 Å². The molecule has 0 atom stereocenters. The van der Waals surface area contributed by atoms with E-state index in [0.29, 0.717) is 12.8 Å². The smallest absolute Gasteiger partial charge is 0.223 e. The molecule has 2 rings (SSSR count). The van der Waals surface area contributed by atoms with Gasteiger partial charge in [0.1, 0.15) is 0 Å². The van der Waals surface area contributed by atoms with Crippen molar-refractivity contribution in [3.8, 4) is 0 Å². The van der Waals surface area contributed by atoms with Crippen molar-refractivity contribution in [2.24, 2.45) is 5.92 Å². The van der Waals surface area contributed by atoms with Gasteiger partial charge < -0.3 is 15.3 Å². The Balaban J connectivity index is 1.63. The maximum absolute atomic E-state index is 11.9. The van der Waals surface area contributed by atoms with E-state index in [1.165, 1.54) is 0 Å². The molecule has 0 unspecified atom stereocenters. The Bertz CT molecular complexity index is 321. The van der Waals surface area contributed by atoms with Gasteiger partial charge in [-0.25, -0.2) is 0 Å². The molecule has 0 aromatic carbocycles. The lowest BCUT2D eigenvalue weighted by atomic mass is 10.0. The summed E-state index contributed by atoms with van der Waals surface area (Å²) < 4.78 is 0. The van der Waals surface area contributed by atoms with E-state index in [1.807, 2.05) is 4.90 Å². The van der Waals surface area contributed by atoms with Crippen LogP contribution in [0.5, 0.6) is 0 Å². The second-order valence-corrected chi connectivity index (χ2v) is 5.62. The molecule has 2 fully saturated rings. The number of unbranched alkanes of at least 4 members (excludes halogenated alkanes) is 1. The molecule has 1 saturated heterocycles. The lowest BCUT2D eigenvalue weighted by Gasteiger charge is -2.32. The number of rotatable bonds is 6. The SMILES string of the molecule is O=C(NC1CCN(C(=O)CCCCO)CC1)C1CC1. The van der Waals surface area contributed by atoms with Gasteiger partial charge in [-0.05, 0) is 38.5 Å². The lowest BCUT2D eigenvalue weighted by molar-refractivity contribution is -0.132. The van der Waals surface area contributed by atoms with Gasteiger partial charge in [0.05, 0.1) is 0 Å². The molecule has 0 spiro atoms. The largest absolute Gasteiger partial charge is 0.396 e. The zero-order chi connectivity index (χ0) is 13.7. The number of hydrogen-bond donors (Lipinski definition) is 2. The van der Waals surface area contributed by atoms with Crippen LogP contribution >= 0.6 is 0 Å². The van der Waals surface area contributed by atoms with Crippen LogP contribution in [0.15, 0.2) is 0 Å². The van der Waals surface area contributed by atoms with Gasteiger partial charge in [0, 0.05) is 38.1 Å². The third kappa shape index (κ3) is 4.49. The molecule has 5 heteroatoms. The van der Waals surface area contributed by atoms with Crippen LogP contribution in [-0.4, -0.2) is 47.6 Å². The quantitative estimate of drug-likeness (QED) is 0.696. The third-order valence-corrected chi connectivity index (χ3v) is 3.94. The molecule has 0 aromatic heterocycles. The maximum atomic E-state index is 11.9. The van der Waals surface area contributed by atoms with E-state index in [1.54, 1.807) is 0 Å². The number of amides is 2. The van der Waals surface area contributed by atoms with Crippen LogP contribution in [0.3, 0.4) is 0 Å². The van der Waals surface area contributed by atoms with Crippen molar-refractivity contribution in [1.82, 2.24) is 10.2 Å². The predicted octanol–water partition coefficient (Wildman–Crippen LogP) is 0.666. The van der Waals surface area contributed by atoms with Gasteiger partial charge in [-0.3, -0.25) is 9.59 Å². The minimum absolute atomic E-state index is 0.155. The summed E-state index contributed by atoms with van der Waals surface area (Å²) in [6.45, 7) is 1.64. The van der Waals surface area contributed by atoms with Crippen molar-refractivity contribution in [1.29, 1.82) is 0 Å². The highest BCUT2D eigenvalue weighted by atomic mass is 16.3. The summed E-state index contributed by atoms with van der Waals surface area (Å²) in [7, 11) is 0. The number of nitrogens with zero attached hydrogens (tertiary/aromatic N) is 1. The number of aliphatic hydroxyl groups excluding tert-OH is 1. The van der Waals surface area contributed by atoms with E-state index < -0.39 is 0 Å². The van der Waals surface area contributed by atoms with Gasteiger partial charge in [0.15, 0.2) is 0 Å². The Kier molecular flexibility index (Phi) is 5.19. The van der Waals surface area contributed by atoms with Crippen molar-refractivity contribution < 1.29 is 14.7 Å². The minimum atomic E-state index is 0.155. The average Bonchev–Trinajstić information content (AvgIpc) is 3.24. The predicted molar refractivity (Wildman–Crippen MR) is 71.4 cm³/mol. The summed E-state index contributed by atoms with van der Waals surface area (Å²) in [5.74, 6) is 0.645. The first-order valence-electron chi connectivity index (χ1n) is 7.39. The summed E-state index contributed by atoms with van der Waals surface area (Å²) >= 11 is 0. The van der Waals surface area contributed by atoms with Crippen LogP contribution in [0.25, 0.3) is 0 Å². The van der Waals surface area contributed by atoms with Crippen molar-refractivity contribution in [2.45, 2.75) is 51.0 Å². The molecule has 5 nitrogen and oxygen atoms in total. The second-order valence-electron chi connectivity index (χ2n) is 5.62. The molecule has 19 heavy (non-hydrogen) atoms. The molecule has 0 aromatic rings. The maximum Gasteiger partial charge on any atom is 0.223 e. The first-order valence-corrected chi connectivity index (χ1v) is 7.39. The van der Waals surface area contributed by atoms with Crippen LogP contribution in [0, 0.1) is 5.92 Å². The second kappa shape index (κ2) is 6.89. The van der Waals surface area contributed by atoms with Crippen molar-refractivity contribution in [2.75, 3.05) is 19.7 Å². The molecule has 1 heterocycles. The number of likely N-dealkylation sites (tertiary alicyclic amines) is 1. The molecule has 1 aliphatic carbocycles. The molecule has 2 amide bonds. The van der Waals surface area contributed by atoms with Crippen LogP contribution in [0.1, 0.15) is 44.9 Å². The molecular formula is C14H24N2O3. The van der Waals surface area contributed by atoms with Crippen LogP contribution < -0.4 is 5.32 Å². The first kappa shape index (κ1) is 14.3. The van der Waals surface area contributed by atoms with Gasteiger partial charge in [0.2, 0.25) is 11.8 Å². The monoisotopic (exact) mass is 268 g/mol. The number of hydrogen-bond acceptors (Lipinski definition) is 3. The van der Waals surface area contributed by atoms with Gasteiger partial charge in [-0.15, -0.1) is 0 Å². The Labute approximate surface area is 114 Å². The highest BCUT2D eigenvalue weighted by Gasteiger charge is 2.32. The highest BCUT2D eigenvalue weighted by Crippen LogP contribution is 2.29. The number of carbonyl (C=O) groups excluding carboxylic acids is 2. The average molecular weight is 268 g/mol. The fourth-order valence-electron chi connectivity index (χ4n) is 2.48. The number of nitrogens with one attached hydrogen (secondary N) is 1. The Morgan fingerprint density at radius 1 is 1.11 bits per heavy atom. The summed E-state index contributed by atoms with van der Waals surface area (Å²) in [5.41, 5.74) is 0. The number of carbonyl (C=O) groups is 2. The van der Waals surface area contributed by atoms with Gasteiger partial charge in [-0.1, -0.05) is 0 Å². The summed E-state index contributed by atoms with van der Waals surface area (Å²) in [6.07, 6.45) is 5.78. The molecule has 108 valence electrons. The zero-order valence-corrected chi connectivity index (χ0v) is 11.4. The third-order valence-electron chi connectivity index (χ3n) is 3.94. The van der Waals surface area contributed by atoms with E-state index in [4.69, 9.17) is 5.11 Å². The van der Waals surface area contributed by atoms with E-state index in [2.05, 4.69) is 5.32 Å². The molecular weight excluding hydrogens is 244 g/mol. The van der Waals surface area contributed by atoms with Gasteiger partial charge in [0.25, 0.3) is 0 Å². The van der Waals surface area contributed by atoms with E-state index >= 15 is 0 Å². The Morgan fingerprint density at radius 2 is 1.79 bits per heavy atom. The normalized spacial score (nSPS) is 20.4. The topological polar surface area (TPSA) is 69.6 Å². The Morgan fingerprint density at radius 3 is 2.37 bits per heavy atom. The fraction of sp³-hybridized carbons (Fsp3) is 0.857. The molecule has 2 aliphatic rings. The molecule has 0 bridgehead atoms. The standard InChI is InChI=1S/C14H24N2O3/c17-10-2-1-3-13(18)16-8-6-12(7-9-16)15-14(19)11-4-5-11/h11-12,17H,1-10H2,(H,15,19). The summed E-state index contributed by atoms with van der Waals surface area (Å²) in [5, 5.41) is 11.8.